The maximum atomic E-state index is 12.5. The smallest absolute Gasteiger partial charge is 0.320 e. The molecular formula is C32H35N3O5S. The number of nitrogens with one attached hydrogen (secondary N) is 1. The number of hydrogen-bond acceptors (Lipinski definition) is 7. The number of carbonyl (C=O) groups is 2. The van der Waals surface area contributed by atoms with E-state index in [0.717, 1.165) is 57.0 Å². The Kier molecular flexibility index (Phi) is 8.87. The van der Waals surface area contributed by atoms with Gasteiger partial charge in [0.25, 0.3) is 0 Å². The number of likely N-dealkylation sites (tertiary alicyclic amines) is 1. The summed E-state index contributed by atoms with van der Waals surface area (Å²) >= 11 is 1.60. The number of carboxylic acid groups (broad SMARTS) is 1. The SMILES string of the molecule is COc1cc(Cc2c(-c3cccc(NC(=O)CCC(N)C(=O)O)c3)sc3cc(O)ccc23)ccc1CN1CCCC1. The molecule has 0 bridgehead atoms. The first-order valence-electron chi connectivity index (χ1n) is 13.8. The number of thiophene rings is 1. The molecule has 0 saturated carbocycles. The number of aliphatic carboxylic acids is 1. The Morgan fingerprint density at radius 2 is 1.90 bits per heavy atom. The summed E-state index contributed by atoms with van der Waals surface area (Å²) in [7, 11) is 1.72. The highest BCUT2D eigenvalue weighted by atomic mass is 32.1. The fourth-order valence-corrected chi connectivity index (χ4v) is 6.59. The van der Waals surface area contributed by atoms with Crippen molar-refractivity contribution in [3.63, 3.8) is 0 Å². The summed E-state index contributed by atoms with van der Waals surface area (Å²) in [6.07, 6.45) is 3.23. The van der Waals surface area contributed by atoms with Crippen LogP contribution in [0.5, 0.6) is 11.5 Å². The van der Waals surface area contributed by atoms with Crippen LogP contribution in [0.4, 0.5) is 5.69 Å². The average molecular weight is 574 g/mol. The van der Waals surface area contributed by atoms with Crippen LogP contribution in [0.2, 0.25) is 0 Å². The molecule has 2 heterocycles. The van der Waals surface area contributed by atoms with E-state index in [4.69, 9.17) is 15.6 Å². The van der Waals surface area contributed by atoms with Crippen LogP contribution in [0, 0.1) is 0 Å². The standard InChI is InChI=1S/C32H35N3O5S/c1-40-28-16-20(7-8-22(28)19-35-13-2-3-14-35)15-26-25-10-9-24(36)18-29(25)41-31(26)21-5-4-6-23(17-21)34-30(37)12-11-27(33)32(38)39/h4-10,16-18,27,36H,2-3,11-15,19,33H2,1H3,(H,34,37)(H,38,39). The molecular weight excluding hydrogens is 538 g/mol. The Morgan fingerprint density at radius 3 is 2.66 bits per heavy atom. The zero-order valence-electron chi connectivity index (χ0n) is 23.1. The van der Waals surface area contributed by atoms with Crippen molar-refractivity contribution in [2.75, 3.05) is 25.5 Å². The highest BCUT2D eigenvalue weighted by Gasteiger charge is 2.19. The maximum Gasteiger partial charge on any atom is 0.320 e. The van der Waals surface area contributed by atoms with Gasteiger partial charge in [0, 0.05) is 33.8 Å². The van der Waals surface area contributed by atoms with Crippen LogP contribution in [0.1, 0.15) is 42.4 Å². The summed E-state index contributed by atoms with van der Waals surface area (Å²) < 4.78 is 6.77. The topological polar surface area (TPSA) is 125 Å². The van der Waals surface area contributed by atoms with E-state index >= 15 is 0 Å². The lowest BCUT2D eigenvalue weighted by molar-refractivity contribution is -0.138. The van der Waals surface area contributed by atoms with E-state index in [-0.39, 0.29) is 24.5 Å². The number of ether oxygens (including phenoxy) is 1. The highest BCUT2D eigenvalue weighted by Crippen LogP contribution is 2.42. The molecule has 1 aliphatic rings. The van der Waals surface area contributed by atoms with E-state index in [1.165, 1.54) is 18.4 Å². The maximum absolute atomic E-state index is 12.5. The minimum atomic E-state index is -1.12. The lowest BCUT2D eigenvalue weighted by Crippen LogP contribution is -2.31. The molecule has 0 aliphatic carbocycles. The van der Waals surface area contributed by atoms with Crippen molar-refractivity contribution in [2.24, 2.45) is 5.73 Å². The number of rotatable bonds is 11. The second-order valence-electron chi connectivity index (χ2n) is 10.5. The molecule has 1 amide bonds. The summed E-state index contributed by atoms with van der Waals surface area (Å²) in [5.41, 5.74) is 10.6. The predicted octanol–water partition coefficient (Wildman–Crippen LogP) is 5.60. The van der Waals surface area contributed by atoms with Gasteiger partial charge in [-0.15, -0.1) is 11.3 Å². The number of benzene rings is 3. The van der Waals surface area contributed by atoms with E-state index in [1.807, 2.05) is 24.3 Å². The van der Waals surface area contributed by atoms with Crippen LogP contribution in [-0.4, -0.2) is 53.2 Å². The van der Waals surface area contributed by atoms with E-state index in [9.17, 15) is 14.7 Å². The Hall–Kier alpha value is -3.92. The molecule has 4 aromatic rings. The van der Waals surface area contributed by atoms with E-state index < -0.39 is 12.0 Å². The predicted molar refractivity (Wildman–Crippen MR) is 163 cm³/mol. The molecule has 41 heavy (non-hydrogen) atoms. The van der Waals surface area contributed by atoms with Gasteiger partial charge in [-0.25, -0.2) is 0 Å². The van der Waals surface area contributed by atoms with Crippen molar-refractivity contribution in [2.45, 2.75) is 44.7 Å². The molecule has 1 aliphatic heterocycles. The van der Waals surface area contributed by atoms with Crippen molar-refractivity contribution < 1.29 is 24.5 Å². The fourth-order valence-electron chi connectivity index (χ4n) is 5.33. The van der Waals surface area contributed by atoms with Crippen LogP contribution >= 0.6 is 11.3 Å². The molecule has 0 radical (unpaired) electrons. The zero-order chi connectivity index (χ0) is 28.9. The van der Waals surface area contributed by atoms with Gasteiger partial charge in [0.2, 0.25) is 5.91 Å². The van der Waals surface area contributed by atoms with Gasteiger partial charge in [-0.2, -0.15) is 0 Å². The first kappa shape index (κ1) is 28.6. The number of fused-ring (bicyclic) bond motifs is 1. The number of nitrogens with zero attached hydrogens (tertiary/aromatic N) is 1. The highest BCUT2D eigenvalue weighted by molar-refractivity contribution is 7.22. The van der Waals surface area contributed by atoms with Crippen LogP contribution in [-0.2, 0) is 22.6 Å². The molecule has 5 rings (SSSR count). The number of nitrogens with two attached hydrogens (primary N) is 1. The van der Waals surface area contributed by atoms with Gasteiger partial charge in [0.1, 0.15) is 17.5 Å². The number of carboxylic acids is 1. The monoisotopic (exact) mass is 573 g/mol. The largest absolute Gasteiger partial charge is 0.508 e. The Bertz CT molecular complexity index is 1560. The summed E-state index contributed by atoms with van der Waals surface area (Å²) in [5.74, 6) is -0.311. The van der Waals surface area contributed by atoms with Crippen molar-refractivity contribution >= 4 is 39.0 Å². The Balaban J connectivity index is 1.43. The number of carbonyl (C=O) groups excluding carboxylic acids is 1. The molecule has 1 saturated heterocycles. The number of methoxy groups -OCH3 is 1. The van der Waals surface area contributed by atoms with Crippen LogP contribution in [0.3, 0.4) is 0 Å². The fraction of sp³-hybridized carbons (Fsp3) is 0.312. The number of amides is 1. The summed E-state index contributed by atoms with van der Waals surface area (Å²) in [6, 6.07) is 18.4. The number of phenolic OH excluding ortho intramolecular Hbond substituents is 1. The minimum absolute atomic E-state index is 0.0146. The van der Waals surface area contributed by atoms with Gasteiger partial charge in [-0.05, 0) is 97.2 Å². The second-order valence-corrected chi connectivity index (χ2v) is 11.6. The molecule has 1 unspecified atom stereocenters. The van der Waals surface area contributed by atoms with Gasteiger partial charge in [-0.1, -0.05) is 24.3 Å². The lowest BCUT2D eigenvalue weighted by Gasteiger charge is -2.18. The third-order valence-corrected chi connectivity index (χ3v) is 8.75. The third kappa shape index (κ3) is 6.87. The molecule has 1 atom stereocenters. The second kappa shape index (κ2) is 12.7. The van der Waals surface area contributed by atoms with Crippen molar-refractivity contribution in [1.29, 1.82) is 0 Å². The van der Waals surface area contributed by atoms with Gasteiger partial charge in [0.15, 0.2) is 0 Å². The van der Waals surface area contributed by atoms with Gasteiger partial charge in [-0.3, -0.25) is 14.5 Å². The van der Waals surface area contributed by atoms with Gasteiger partial charge < -0.3 is 26.0 Å². The number of phenols is 1. The Labute approximate surface area is 243 Å². The van der Waals surface area contributed by atoms with E-state index in [2.05, 4.69) is 28.4 Å². The molecule has 9 heteroatoms. The van der Waals surface area contributed by atoms with Crippen LogP contribution in [0.25, 0.3) is 20.5 Å². The molecule has 0 spiro atoms. The van der Waals surface area contributed by atoms with E-state index in [1.54, 1.807) is 36.6 Å². The Morgan fingerprint density at radius 1 is 1.10 bits per heavy atom. The molecule has 3 aromatic carbocycles. The number of anilines is 1. The summed E-state index contributed by atoms with van der Waals surface area (Å²) in [6.45, 7) is 3.13. The third-order valence-electron chi connectivity index (χ3n) is 7.51. The molecule has 1 aromatic heterocycles. The summed E-state index contributed by atoms with van der Waals surface area (Å²) in [4.78, 5) is 27.0. The van der Waals surface area contributed by atoms with E-state index in [0.29, 0.717) is 12.1 Å². The molecule has 1 fully saturated rings. The first-order valence-corrected chi connectivity index (χ1v) is 14.6. The quantitative estimate of drug-likeness (QED) is 0.184. The average Bonchev–Trinajstić information content (AvgIpc) is 3.60. The molecule has 8 nitrogen and oxygen atoms in total. The summed E-state index contributed by atoms with van der Waals surface area (Å²) in [5, 5.41) is 23.1. The van der Waals surface area contributed by atoms with Gasteiger partial charge >= 0.3 is 5.97 Å². The lowest BCUT2D eigenvalue weighted by atomic mass is 9.97. The molecule has 214 valence electrons. The normalized spacial score (nSPS) is 14.3. The van der Waals surface area contributed by atoms with Crippen molar-refractivity contribution in [3.8, 4) is 21.9 Å². The minimum Gasteiger partial charge on any atom is -0.508 e. The molecule has 5 N–H and O–H groups in total. The van der Waals surface area contributed by atoms with Crippen LogP contribution in [0.15, 0.2) is 60.7 Å². The van der Waals surface area contributed by atoms with Crippen molar-refractivity contribution in [1.82, 2.24) is 4.90 Å². The first-order chi connectivity index (χ1) is 19.8. The van der Waals surface area contributed by atoms with Crippen LogP contribution < -0.4 is 15.8 Å². The number of hydrogen-bond donors (Lipinski definition) is 4. The van der Waals surface area contributed by atoms with Gasteiger partial charge in [0.05, 0.1) is 7.11 Å². The van der Waals surface area contributed by atoms with Crippen molar-refractivity contribution in [3.05, 3.63) is 77.4 Å². The zero-order valence-corrected chi connectivity index (χ0v) is 23.9. The number of aromatic hydroxyl groups is 1.